The predicted molar refractivity (Wildman–Crippen MR) is 64.8 cm³/mol. The summed E-state index contributed by atoms with van der Waals surface area (Å²) in [6.45, 7) is 0. The Hall–Kier alpha value is -1.23. The summed E-state index contributed by atoms with van der Waals surface area (Å²) < 4.78 is 13.0. The molecule has 5 heteroatoms. The fourth-order valence-electron chi connectivity index (χ4n) is 1.22. The van der Waals surface area contributed by atoms with Crippen LogP contribution in [-0.4, -0.2) is 18.7 Å². The Kier molecular flexibility index (Phi) is 5.11. The lowest BCUT2D eigenvalue weighted by Gasteiger charge is -2.03. The van der Waals surface area contributed by atoms with Gasteiger partial charge in [0, 0.05) is 24.1 Å². The summed E-state index contributed by atoms with van der Waals surface area (Å²) in [6.07, 6.45) is 1.26. The topological polar surface area (TPSA) is 55.1 Å². The zero-order chi connectivity index (χ0) is 12.0. The van der Waals surface area contributed by atoms with Gasteiger partial charge in [-0.1, -0.05) is 0 Å². The summed E-state index contributed by atoms with van der Waals surface area (Å²) in [5.41, 5.74) is 5.94. The molecule has 0 spiro atoms. The number of thioether (sulfide) groups is 1. The van der Waals surface area contributed by atoms with Crippen LogP contribution in [0.25, 0.3) is 0 Å². The van der Waals surface area contributed by atoms with Gasteiger partial charge in [-0.3, -0.25) is 4.79 Å². The third-order valence-electron chi connectivity index (χ3n) is 1.99. The molecule has 0 radical (unpaired) electrons. The average Bonchev–Trinajstić information content (AvgIpc) is 2.22. The monoisotopic (exact) mass is 242 g/mol. The van der Waals surface area contributed by atoms with E-state index in [9.17, 15) is 9.18 Å². The minimum Gasteiger partial charge on any atom is -0.399 e. The SMILES string of the molecule is CNC(=O)CCCSc1cc(N)cc(F)c1. The first kappa shape index (κ1) is 12.8. The van der Waals surface area contributed by atoms with Crippen molar-refractivity contribution in [3.8, 4) is 0 Å². The molecule has 16 heavy (non-hydrogen) atoms. The maximum Gasteiger partial charge on any atom is 0.219 e. The van der Waals surface area contributed by atoms with E-state index >= 15 is 0 Å². The van der Waals surface area contributed by atoms with Gasteiger partial charge in [-0.25, -0.2) is 4.39 Å². The van der Waals surface area contributed by atoms with Gasteiger partial charge in [-0.15, -0.1) is 11.8 Å². The van der Waals surface area contributed by atoms with Crippen molar-refractivity contribution >= 4 is 23.4 Å². The van der Waals surface area contributed by atoms with Crippen LogP contribution in [0.4, 0.5) is 10.1 Å². The lowest BCUT2D eigenvalue weighted by atomic mass is 10.3. The van der Waals surface area contributed by atoms with Crippen LogP contribution in [0, 0.1) is 5.82 Å². The van der Waals surface area contributed by atoms with Gasteiger partial charge >= 0.3 is 0 Å². The van der Waals surface area contributed by atoms with Crippen LogP contribution in [0.5, 0.6) is 0 Å². The number of carbonyl (C=O) groups excluding carboxylic acids is 1. The van der Waals surface area contributed by atoms with E-state index in [2.05, 4.69) is 5.32 Å². The van der Waals surface area contributed by atoms with Crippen molar-refractivity contribution in [2.45, 2.75) is 17.7 Å². The minimum absolute atomic E-state index is 0.0272. The zero-order valence-corrected chi connectivity index (χ0v) is 9.94. The Bertz CT molecular complexity index is 351. The Morgan fingerprint density at radius 3 is 2.88 bits per heavy atom. The van der Waals surface area contributed by atoms with Gasteiger partial charge in [0.1, 0.15) is 5.82 Å². The molecule has 0 atom stereocenters. The number of nitrogens with two attached hydrogens (primary N) is 1. The van der Waals surface area contributed by atoms with E-state index in [-0.39, 0.29) is 11.7 Å². The fraction of sp³-hybridized carbons (Fsp3) is 0.364. The van der Waals surface area contributed by atoms with E-state index in [0.717, 1.165) is 17.1 Å². The summed E-state index contributed by atoms with van der Waals surface area (Å²) in [4.78, 5) is 11.7. The van der Waals surface area contributed by atoms with Gasteiger partial charge in [0.25, 0.3) is 0 Å². The molecule has 1 aromatic carbocycles. The molecule has 0 aromatic heterocycles. The van der Waals surface area contributed by atoms with Crippen molar-refractivity contribution in [3.63, 3.8) is 0 Å². The zero-order valence-electron chi connectivity index (χ0n) is 9.13. The number of halogens is 1. The molecular weight excluding hydrogens is 227 g/mol. The van der Waals surface area contributed by atoms with E-state index in [1.165, 1.54) is 23.9 Å². The minimum atomic E-state index is -0.325. The van der Waals surface area contributed by atoms with Gasteiger partial charge in [-0.05, 0) is 30.4 Å². The lowest BCUT2D eigenvalue weighted by Crippen LogP contribution is -2.17. The molecule has 0 aliphatic heterocycles. The molecule has 3 N–H and O–H groups in total. The molecule has 1 amide bonds. The number of benzene rings is 1. The molecule has 88 valence electrons. The largest absolute Gasteiger partial charge is 0.399 e. The second kappa shape index (κ2) is 6.37. The van der Waals surface area contributed by atoms with Crippen molar-refractivity contribution in [2.24, 2.45) is 0 Å². The van der Waals surface area contributed by atoms with Gasteiger partial charge < -0.3 is 11.1 Å². The quantitative estimate of drug-likeness (QED) is 0.472. The molecule has 0 aliphatic rings. The maximum absolute atomic E-state index is 13.0. The predicted octanol–water partition coefficient (Wildman–Crippen LogP) is 2.03. The Morgan fingerprint density at radius 2 is 2.25 bits per heavy atom. The smallest absolute Gasteiger partial charge is 0.219 e. The van der Waals surface area contributed by atoms with Crippen molar-refractivity contribution < 1.29 is 9.18 Å². The van der Waals surface area contributed by atoms with Crippen molar-refractivity contribution in [3.05, 3.63) is 24.0 Å². The number of hydrogen-bond acceptors (Lipinski definition) is 3. The maximum atomic E-state index is 13.0. The standard InChI is InChI=1S/C11H15FN2OS/c1-14-11(15)3-2-4-16-10-6-8(12)5-9(13)7-10/h5-7H,2-4,13H2,1H3,(H,14,15). The summed E-state index contributed by atoms with van der Waals surface area (Å²) in [6, 6.07) is 4.46. The molecule has 0 fully saturated rings. The first-order valence-electron chi connectivity index (χ1n) is 5.01. The van der Waals surface area contributed by atoms with Crippen molar-refractivity contribution in [1.29, 1.82) is 0 Å². The molecule has 0 saturated carbocycles. The van der Waals surface area contributed by atoms with E-state index in [1.807, 2.05) is 0 Å². The Morgan fingerprint density at radius 1 is 1.50 bits per heavy atom. The van der Waals surface area contributed by atoms with E-state index in [0.29, 0.717) is 12.1 Å². The van der Waals surface area contributed by atoms with Crippen LogP contribution >= 0.6 is 11.8 Å². The Balaban J connectivity index is 2.34. The molecule has 0 bridgehead atoms. The third-order valence-corrected chi connectivity index (χ3v) is 3.05. The van der Waals surface area contributed by atoms with Crippen LogP contribution in [0.1, 0.15) is 12.8 Å². The normalized spacial score (nSPS) is 10.1. The second-order valence-corrected chi connectivity index (χ2v) is 4.51. The first-order chi connectivity index (χ1) is 7.61. The molecule has 3 nitrogen and oxygen atoms in total. The van der Waals surface area contributed by atoms with Gasteiger partial charge in [0.15, 0.2) is 0 Å². The molecule has 0 aliphatic carbocycles. The third kappa shape index (κ3) is 4.53. The molecule has 0 unspecified atom stereocenters. The van der Waals surface area contributed by atoms with Gasteiger partial charge in [0.05, 0.1) is 0 Å². The number of nitrogens with one attached hydrogen (secondary N) is 1. The summed E-state index contributed by atoms with van der Waals surface area (Å²) in [7, 11) is 1.61. The van der Waals surface area contributed by atoms with Gasteiger partial charge in [-0.2, -0.15) is 0 Å². The van der Waals surface area contributed by atoms with Crippen LogP contribution in [-0.2, 0) is 4.79 Å². The average molecular weight is 242 g/mol. The second-order valence-electron chi connectivity index (χ2n) is 3.35. The van der Waals surface area contributed by atoms with Crippen LogP contribution in [0.2, 0.25) is 0 Å². The van der Waals surface area contributed by atoms with E-state index in [1.54, 1.807) is 13.1 Å². The highest BCUT2D eigenvalue weighted by atomic mass is 32.2. The van der Waals surface area contributed by atoms with Crippen LogP contribution in [0.15, 0.2) is 23.1 Å². The molecule has 1 rings (SSSR count). The number of amides is 1. The highest BCUT2D eigenvalue weighted by Gasteiger charge is 2.01. The first-order valence-corrected chi connectivity index (χ1v) is 6.00. The van der Waals surface area contributed by atoms with Crippen molar-refractivity contribution in [2.75, 3.05) is 18.5 Å². The summed E-state index contributed by atoms with van der Waals surface area (Å²) in [5, 5.41) is 2.55. The number of hydrogen-bond donors (Lipinski definition) is 2. The molecule has 0 heterocycles. The van der Waals surface area contributed by atoms with Crippen LogP contribution in [0.3, 0.4) is 0 Å². The summed E-state index contributed by atoms with van der Waals surface area (Å²) >= 11 is 1.50. The van der Waals surface area contributed by atoms with Crippen LogP contribution < -0.4 is 11.1 Å². The highest BCUT2D eigenvalue weighted by Crippen LogP contribution is 2.22. The van der Waals surface area contributed by atoms with E-state index < -0.39 is 0 Å². The van der Waals surface area contributed by atoms with E-state index in [4.69, 9.17) is 5.73 Å². The Labute approximate surface area is 98.6 Å². The highest BCUT2D eigenvalue weighted by molar-refractivity contribution is 7.99. The molecular formula is C11H15FN2OS. The van der Waals surface area contributed by atoms with Gasteiger partial charge in [0.2, 0.25) is 5.91 Å². The number of anilines is 1. The summed E-state index contributed by atoms with van der Waals surface area (Å²) in [5.74, 6) is 0.476. The number of rotatable bonds is 5. The molecule has 1 aromatic rings. The fourth-order valence-corrected chi connectivity index (χ4v) is 2.16. The lowest BCUT2D eigenvalue weighted by molar-refractivity contribution is -0.120. The molecule has 0 saturated heterocycles. The van der Waals surface area contributed by atoms with Crippen molar-refractivity contribution in [1.82, 2.24) is 5.32 Å². The number of carbonyl (C=O) groups is 1. The number of nitrogen functional groups attached to an aromatic ring is 1.